The zero-order valence-electron chi connectivity index (χ0n) is 11.8. The van der Waals surface area contributed by atoms with Crippen molar-refractivity contribution in [3.8, 4) is 11.5 Å². The summed E-state index contributed by atoms with van der Waals surface area (Å²) < 4.78 is 33.6. The maximum atomic E-state index is 12.2. The van der Waals surface area contributed by atoms with Crippen molar-refractivity contribution in [2.24, 2.45) is 5.92 Å². The van der Waals surface area contributed by atoms with E-state index in [1.165, 1.54) is 6.07 Å². The molecule has 0 radical (unpaired) electrons. The first kappa shape index (κ1) is 15.4. The minimum absolute atomic E-state index is 0.0263. The highest BCUT2D eigenvalue weighted by atomic mass is 35.5. The van der Waals surface area contributed by atoms with Gasteiger partial charge in [-0.05, 0) is 24.5 Å². The van der Waals surface area contributed by atoms with E-state index in [2.05, 4.69) is 5.32 Å². The average Bonchev–Trinajstić information content (AvgIpc) is 2.84. The first-order chi connectivity index (χ1) is 10.4. The van der Waals surface area contributed by atoms with Crippen molar-refractivity contribution in [3.05, 3.63) is 22.7 Å². The Kier molecular flexibility index (Phi) is 4.18. The topological polar surface area (TPSA) is 81.7 Å². The van der Waals surface area contributed by atoms with Crippen molar-refractivity contribution in [2.45, 2.75) is 6.42 Å². The number of fused-ring (bicyclic) bond motifs is 1. The number of halogens is 1. The summed E-state index contributed by atoms with van der Waals surface area (Å²) in [5.41, 5.74) is 0.370. The van der Waals surface area contributed by atoms with E-state index < -0.39 is 9.84 Å². The standard InChI is InChI=1S/C14H16ClNO5S/c15-11-5-10(6-12-13(11)21-3-2-20-12)14(17)16-7-9-1-4-22(18,19)8-9/h5-6,9H,1-4,7-8H2,(H,16,17)/t9-/m1/s1. The number of hydrogen-bond donors (Lipinski definition) is 1. The molecular formula is C14H16ClNO5S. The van der Waals surface area contributed by atoms with Crippen LogP contribution in [0.15, 0.2) is 12.1 Å². The number of rotatable bonds is 3. The Morgan fingerprint density at radius 1 is 1.32 bits per heavy atom. The molecule has 22 heavy (non-hydrogen) atoms. The molecule has 1 saturated heterocycles. The number of benzene rings is 1. The Morgan fingerprint density at radius 3 is 2.82 bits per heavy atom. The largest absolute Gasteiger partial charge is 0.486 e. The number of hydrogen-bond acceptors (Lipinski definition) is 5. The van der Waals surface area contributed by atoms with Crippen molar-refractivity contribution in [2.75, 3.05) is 31.3 Å². The van der Waals surface area contributed by atoms with Crippen LogP contribution in [0, 0.1) is 5.92 Å². The lowest BCUT2D eigenvalue weighted by atomic mass is 10.1. The zero-order valence-corrected chi connectivity index (χ0v) is 13.4. The SMILES string of the molecule is O=C(NC[C@H]1CCS(=O)(=O)C1)c1cc(Cl)c2c(c1)OCCO2. The predicted octanol–water partition coefficient (Wildman–Crippen LogP) is 1.28. The van der Waals surface area contributed by atoms with Crippen LogP contribution >= 0.6 is 11.6 Å². The van der Waals surface area contributed by atoms with Gasteiger partial charge in [-0.1, -0.05) is 11.6 Å². The van der Waals surface area contributed by atoms with Gasteiger partial charge in [-0.25, -0.2) is 8.42 Å². The average molecular weight is 346 g/mol. The van der Waals surface area contributed by atoms with Gasteiger partial charge in [0.2, 0.25) is 0 Å². The fourth-order valence-electron chi connectivity index (χ4n) is 2.61. The Balaban J connectivity index is 1.66. The van der Waals surface area contributed by atoms with Gasteiger partial charge >= 0.3 is 0 Å². The molecule has 0 aromatic heterocycles. The maximum absolute atomic E-state index is 12.2. The number of carbonyl (C=O) groups is 1. The fraction of sp³-hybridized carbons (Fsp3) is 0.500. The number of ether oxygens (including phenoxy) is 2. The summed E-state index contributed by atoms with van der Waals surface area (Å²) >= 11 is 6.09. The van der Waals surface area contributed by atoms with Gasteiger partial charge in [-0.2, -0.15) is 0 Å². The molecule has 3 rings (SSSR count). The van der Waals surface area contributed by atoms with Crippen LogP contribution < -0.4 is 14.8 Å². The summed E-state index contributed by atoms with van der Waals surface area (Å²) in [7, 11) is -2.94. The minimum atomic E-state index is -2.94. The monoisotopic (exact) mass is 345 g/mol. The van der Waals surface area contributed by atoms with E-state index in [1.807, 2.05) is 0 Å². The quantitative estimate of drug-likeness (QED) is 0.892. The highest BCUT2D eigenvalue weighted by molar-refractivity contribution is 7.91. The summed E-state index contributed by atoms with van der Waals surface area (Å²) in [4.78, 5) is 12.2. The van der Waals surface area contributed by atoms with Gasteiger partial charge in [0.1, 0.15) is 13.2 Å². The van der Waals surface area contributed by atoms with E-state index >= 15 is 0 Å². The van der Waals surface area contributed by atoms with Crippen LogP contribution in [0.2, 0.25) is 5.02 Å². The van der Waals surface area contributed by atoms with Gasteiger partial charge in [-0.3, -0.25) is 4.79 Å². The second kappa shape index (κ2) is 5.96. The van der Waals surface area contributed by atoms with E-state index in [0.717, 1.165) is 0 Å². The zero-order chi connectivity index (χ0) is 15.7. The third-order valence-electron chi connectivity index (χ3n) is 3.74. The fourth-order valence-corrected chi connectivity index (χ4v) is 4.74. The minimum Gasteiger partial charge on any atom is -0.486 e. The second-order valence-corrected chi connectivity index (χ2v) is 8.10. The number of carbonyl (C=O) groups excluding carboxylic acids is 1. The van der Waals surface area contributed by atoms with Crippen LogP contribution in [-0.2, 0) is 9.84 Å². The molecule has 6 nitrogen and oxygen atoms in total. The lowest BCUT2D eigenvalue weighted by Gasteiger charge is -2.20. The van der Waals surface area contributed by atoms with E-state index in [9.17, 15) is 13.2 Å². The Morgan fingerprint density at radius 2 is 2.09 bits per heavy atom. The highest BCUT2D eigenvalue weighted by Crippen LogP contribution is 2.38. The third-order valence-corrected chi connectivity index (χ3v) is 5.85. The molecule has 1 atom stereocenters. The molecule has 0 unspecified atom stereocenters. The van der Waals surface area contributed by atoms with Crippen LogP contribution in [0.1, 0.15) is 16.8 Å². The molecule has 2 heterocycles. The first-order valence-electron chi connectivity index (χ1n) is 7.02. The molecule has 1 N–H and O–H groups in total. The van der Waals surface area contributed by atoms with Crippen LogP contribution in [0.5, 0.6) is 11.5 Å². The Labute approximate surface area is 133 Å². The lowest BCUT2D eigenvalue weighted by molar-refractivity contribution is 0.0947. The summed E-state index contributed by atoms with van der Waals surface area (Å²) in [6, 6.07) is 3.11. The van der Waals surface area contributed by atoms with E-state index in [-0.39, 0.29) is 23.3 Å². The molecule has 1 aromatic carbocycles. The van der Waals surface area contributed by atoms with Crippen LogP contribution in [0.4, 0.5) is 0 Å². The van der Waals surface area contributed by atoms with E-state index in [4.69, 9.17) is 21.1 Å². The molecular weight excluding hydrogens is 330 g/mol. The normalized spacial score (nSPS) is 22.3. The summed E-state index contributed by atoms with van der Waals surface area (Å²) in [6.45, 7) is 1.17. The Hall–Kier alpha value is -1.47. The molecule has 8 heteroatoms. The van der Waals surface area contributed by atoms with Gasteiger partial charge in [0.15, 0.2) is 21.3 Å². The van der Waals surface area contributed by atoms with Crippen LogP contribution in [-0.4, -0.2) is 45.6 Å². The summed E-state index contributed by atoms with van der Waals surface area (Å²) in [6.07, 6.45) is 0.588. The summed E-state index contributed by atoms with van der Waals surface area (Å²) in [5.74, 6) is 0.905. The molecule has 0 spiro atoms. The smallest absolute Gasteiger partial charge is 0.251 e. The molecule has 0 saturated carbocycles. The van der Waals surface area contributed by atoms with Crippen molar-refractivity contribution in [3.63, 3.8) is 0 Å². The first-order valence-corrected chi connectivity index (χ1v) is 9.22. The van der Waals surface area contributed by atoms with Crippen molar-refractivity contribution >= 4 is 27.3 Å². The molecule has 1 amide bonds. The molecule has 1 fully saturated rings. The van der Waals surface area contributed by atoms with Gasteiger partial charge < -0.3 is 14.8 Å². The molecule has 120 valence electrons. The maximum Gasteiger partial charge on any atom is 0.251 e. The van der Waals surface area contributed by atoms with Crippen molar-refractivity contribution in [1.29, 1.82) is 0 Å². The lowest BCUT2D eigenvalue weighted by Crippen LogP contribution is -2.30. The van der Waals surface area contributed by atoms with Gasteiger partial charge in [0.05, 0.1) is 16.5 Å². The van der Waals surface area contributed by atoms with E-state index in [0.29, 0.717) is 48.3 Å². The van der Waals surface area contributed by atoms with Crippen LogP contribution in [0.25, 0.3) is 0 Å². The molecule has 1 aromatic rings. The van der Waals surface area contributed by atoms with Gasteiger partial charge in [0, 0.05) is 12.1 Å². The van der Waals surface area contributed by atoms with Crippen molar-refractivity contribution in [1.82, 2.24) is 5.32 Å². The second-order valence-electron chi connectivity index (χ2n) is 5.46. The number of nitrogens with one attached hydrogen (secondary N) is 1. The molecule has 0 aliphatic carbocycles. The van der Waals surface area contributed by atoms with Crippen LogP contribution in [0.3, 0.4) is 0 Å². The number of amides is 1. The predicted molar refractivity (Wildman–Crippen MR) is 81.5 cm³/mol. The molecule has 2 aliphatic rings. The van der Waals surface area contributed by atoms with E-state index in [1.54, 1.807) is 6.07 Å². The highest BCUT2D eigenvalue weighted by Gasteiger charge is 2.28. The van der Waals surface area contributed by atoms with Gasteiger partial charge in [-0.15, -0.1) is 0 Å². The third kappa shape index (κ3) is 3.30. The van der Waals surface area contributed by atoms with Gasteiger partial charge in [0.25, 0.3) is 5.91 Å². The number of sulfone groups is 1. The molecule has 0 bridgehead atoms. The molecule has 2 aliphatic heterocycles. The summed E-state index contributed by atoms with van der Waals surface area (Å²) in [5, 5.41) is 3.08. The van der Waals surface area contributed by atoms with Crippen molar-refractivity contribution < 1.29 is 22.7 Å². The Bertz CT molecular complexity index is 703.